The van der Waals surface area contributed by atoms with Crippen molar-refractivity contribution in [1.82, 2.24) is 10.3 Å². The summed E-state index contributed by atoms with van der Waals surface area (Å²) >= 11 is 0. The SMILES string of the molecule is Nc1nc(Nc2ccccc2)ccc1C(=O)N[C@H]1CCC[C@@H]1OCc1ccccc1. The van der Waals surface area contributed by atoms with Gasteiger partial charge in [-0.1, -0.05) is 48.5 Å². The summed E-state index contributed by atoms with van der Waals surface area (Å²) in [5.41, 5.74) is 8.49. The van der Waals surface area contributed by atoms with Crippen LogP contribution >= 0.6 is 0 Å². The Bertz CT molecular complexity index is 979. The van der Waals surface area contributed by atoms with Crippen LogP contribution in [0.25, 0.3) is 0 Å². The number of hydrogen-bond acceptors (Lipinski definition) is 5. The molecule has 154 valence electrons. The Morgan fingerprint density at radius 3 is 2.47 bits per heavy atom. The highest BCUT2D eigenvalue weighted by molar-refractivity contribution is 5.98. The van der Waals surface area contributed by atoms with E-state index in [1.807, 2.05) is 60.7 Å². The summed E-state index contributed by atoms with van der Waals surface area (Å²) in [6, 6.07) is 23.2. The number of hydrogen-bond donors (Lipinski definition) is 3. The van der Waals surface area contributed by atoms with E-state index < -0.39 is 0 Å². The third kappa shape index (κ3) is 4.96. The van der Waals surface area contributed by atoms with Crippen LogP contribution in [0, 0.1) is 0 Å². The van der Waals surface area contributed by atoms with E-state index >= 15 is 0 Å². The first-order valence-corrected chi connectivity index (χ1v) is 10.2. The standard InChI is InChI=1S/C24H26N4O2/c25-23-19(14-15-22(28-23)26-18-10-5-2-6-11-18)24(29)27-20-12-7-13-21(20)30-16-17-8-3-1-4-9-17/h1-6,8-11,14-15,20-21H,7,12-13,16H2,(H,27,29)(H3,25,26,28)/t20-,21-/m0/s1. The van der Waals surface area contributed by atoms with Crippen LogP contribution in [-0.2, 0) is 11.3 Å². The number of nitrogens with one attached hydrogen (secondary N) is 2. The van der Waals surface area contributed by atoms with Crippen molar-refractivity contribution >= 4 is 23.2 Å². The van der Waals surface area contributed by atoms with E-state index in [0.717, 1.165) is 30.5 Å². The van der Waals surface area contributed by atoms with Crippen molar-refractivity contribution in [2.24, 2.45) is 0 Å². The number of benzene rings is 2. The molecule has 0 saturated heterocycles. The number of ether oxygens (including phenoxy) is 1. The molecule has 0 unspecified atom stereocenters. The Morgan fingerprint density at radius 2 is 1.73 bits per heavy atom. The van der Waals surface area contributed by atoms with Gasteiger partial charge in [0.1, 0.15) is 11.6 Å². The van der Waals surface area contributed by atoms with Gasteiger partial charge in [0.05, 0.1) is 24.3 Å². The predicted octanol–water partition coefficient (Wildman–Crippen LogP) is 4.28. The number of amides is 1. The summed E-state index contributed by atoms with van der Waals surface area (Å²) in [6.07, 6.45) is 2.86. The lowest BCUT2D eigenvalue weighted by Gasteiger charge is -2.22. The molecule has 1 aliphatic rings. The minimum atomic E-state index is -0.216. The molecule has 2 aromatic carbocycles. The van der Waals surface area contributed by atoms with Gasteiger partial charge in [-0.15, -0.1) is 0 Å². The molecule has 0 radical (unpaired) electrons. The number of nitrogens with zero attached hydrogens (tertiary/aromatic N) is 1. The maximum absolute atomic E-state index is 12.8. The fourth-order valence-corrected chi connectivity index (χ4v) is 3.72. The quantitative estimate of drug-likeness (QED) is 0.549. The van der Waals surface area contributed by atoms with Crippen molar-refractivity contribution < 1.29 is 9.53 Å². The average Bonchev–Trinajstić information content (AvgIpc) is 3.20. The van der Waals surface area contributed by atoms with Gasteiger partial charge < -0.3 is 21.1 Å². The third-order valence-electron chi connectivity index (χ3n) is 5.29. The van der Waals surface area contributed by atoms with Crippen molar-refractivity contribution in [1.29, 1.82) is 0 Å². The summed E-state index contributed by atoms with van der Waals surface area (Å²) in [5, 5.41) is 6.27. The van der Waals surface area contributed by atoms with Crippen molar-refractivity contribution in [3.05, 3.63) is 83.9 Å². The first kappa shape index (κ1) is 19.9. The second-order valence-corrected chi connectivity index (χ2v) is 7.47. The summed E-state index contributed by atoms with van der Waals surface area (Å²) < 4.78 is 6.08. The molecular weight excluding hydrogens is 376 g/mol. The molecule has 0 bridgehead atoms. The number of rotatable bonds is 7. The number of nitrogens with two attached hydrogens (primary N) is 1. The van der Waals surface area contributed by atoms with Crippen LogP contribution < -0.4 is 16.4 Å². The molecule has 6 nitrogen and oxygen atoms in total. The van der Waals surface area contributed by atoms with Crippen LogP contribution in [-0.4, -0.2) is 23.0 Å². The highest BCUT2D eigenvalue weighted by atomic mass is 16.5. The Hall–Kier alpha value is -3.38. The minimum Gasteiger partial charge on any atom is -0.383 e. The van der Waals surface area contributed by atoms with Gasteiger partial charge in [-0.3, -0.25) is 4.79 Å². The maximum atomic E-state index is 12.8. The van der Waals surface area contributed by atoms with Gasteiger partial charge in [-0.25, -0.2) is 4.98 Å². The maximum Gasteiger partial charge on any atom is 0.255 e. The minimum absolute atomic E-state index is 0.00219. The van der Waals surface area contributed by atoms with Crippen LogP contribution in [0.15, 0.2) is 72.8 Å². The molecule has 1 aliphatic carbocycles. The first-order chi connectivity index (χ1) is 14.7. The van der Waals surface area contributed by atoms with Crippen LogP contribution in [0.2, 0.25) is 0 Å². The zero-order chi connectivity index (χ0) is 20.8. The molecule has 1 amide bonds. The van der Waals surface area contributed by atoms with Crippen LogP contribution in [0.4, 0.5) is 17.3 Å². The average molecular weight is 402 g/mol. The molecule has 0 spiro atoms. The second kappa shape index (κ2) is 9.41. The highest BCUT2D eigenvalue weighted by Gasteiger charge is 2.30. The summed E-state index contributed by atoms with van der Waals surface area (Å²) in [5.74, 6) is 0.583. The Morgan fingerprint density at radius 1 is 1.00 bits per heavy atom. The normalized spacial score (nSPS) is 18.1. The molecule has 3 aromatic rings. The Balaban J connectivity index is 1.36. The van der Waals surface area contributed by atoms with Crippen molar-refractivity contribution in [3.63, 3.8) is 0 Å². The molecular formula is C24H26N4O2. The number of aromatic nitrogens is 1. The molecule has 0 aliphatic heterocycles. The fourth-order valence-electron chi connectivity index (χ4n) is 3.72. The van der Waals surface area contributed by atoms with Gasteiger partial charge >= 0.3 is 0 Å². The third-order valence-corrected chi connectivity index (χ3v) is 5.29. The molecule has 1 aromatic heterocycles. The summed E-state index contributed by atoms with van der Waals surface area (Å²) in [4.78, 5) is 17.1. The molecule has 1 heterocycles. The van der Waals surface area contributed by atoms with Gasteiger partial charge in [0.25, 0.3) is 5.91 Å². The highest BCUT2D eigenvalue weighted by Crippen LogP contribution is 2.24. The number of anilines is 3. The molecule has 4 rings (SSSR count). The smallest absolute Gasteiger partial charge is 0.255 e. The van der Waals surface area contributed by atoms with Gasteiger partial charge in [0.15, 0.2) is 0 Å². The predicted molar refractivity (Wildman–Crippen MR) is 118 cm³/mol. The monoisotopic (exact) mass is 402 g/mol. The van der Waals surface area contributed by atoms with E-state index in [2.05, 4.69) is 15.6 Å². The zero-order valence-electron chi connectivity index (χ0n) is 16.8. The van der Waals surface area contributed by atoms with Crippen LogP contribution in [0.5, 0.6) is 0 Å². The molecule has 1 fully saturated rings. The Kier molecular flexibility index (Phi) is 6.25. The van der Waals surface area contributed by atoms with Crippen molar-refractivity contribution in [2.45, 2.75) is 38.0 Å². The van der Waals surface area contributed by atoms with Crippen LogP contribution in [0.3, 0.4) is 0 Å². The largest absolute Gasteiger partial charge is 0.383 e. The van der Waals surface area contributed by atoms with E-state index in [1.165, 1.54) is 0 Å². The van der Waals surface area contributed by atoms with E-state index in [4.69, 9.17) is 10.5 Å². The molecule has 6 heteroatoms. The van der Waals surface area contributed by atoms with E-state index in [0.29, 0.717) is 18.0 Å². The topological polar surface area (TPSA) is 89.3 Å². The lowest BCUT2D eigenvalue weighted by atomic mass is 10.1. The van der Waals surface area contributed by atoms with Gasteiger partial charge in [-0.05, 0) is 49.1 Å². The van der Waals surface area contributed by atoms with Gasteiger partial charge in [-0.2, -0.15) is 0 Å². The van der Waals surface area contributed by atoms with Gasteiger partial charge in [0.2, 0.25) is 0 Å². The lowest BCUT2D eigenvalue weighted by molar-refractivity contribution is 0.0272. The van der Waals surface area contributed by atoms with Crippen molar-refractivity contribution in [2.75, 3.05) is 11.1 Å². The summed E-state index contributed by atoms with van der Waals surface area (Å²) in [6.45, 7) is 0.543. The number of pyridine rings is 1. The molecule has 4 N–H and O–H groups in total. The molecule has 2 atom stereocenters. The Labute approximate surface area is 176 Å². The van der Waals surface area contributed by atoms with E-state index in [-0.39, 0.29) is 23.9 Å². The number of carbonyl (C=O) groups is 1. The fraction of sp³-hybridized carbons (Fsp3) is 0.250. The summed E-state index contributed by atoms with van der Waals surface area (Å²) in [7, 11) is 0. The molecule has 30 heavy (non-hydrogen) atoms. The first-order valence-electron chi connectivity index (χ1n) is 10.2. The van der Waals surface area contributed by atoms with Crippen molar-refractivity contribution in [3.8, 4) is 0 Å². The zero-order valence-corrected chi connectivity index (χ0v) is 16.8. The molecule has 1 saturated carbocycles. The second-order valence-electron chi connectivity index (χ2n) is 7.47. The number of para-hydroxylation sites is 1. The van der Waals surface area contributed by atoms with Crippen LogP contribution in [0.1, 0.15) is 35.2 Å². The lowest BCUT2D eigenvalue weighted by Crippen LogP contribution is -2.41. The number of nitrogen functional groups attached to an aromatic ring is 1. The van der Waals surface area contributed by atoms with E-state index in [1.54, 1.807) is 12.1 Å². The van der Waals surface area contributed by atoms with E-state index in [9.17, 15) is 4.79 Å². The number of carbonyl (C=O) groups excluding carboxylic acids is 1. The van der Waals surface area contributed by atoms with Gasteiger partial charge in [0, 0.05) is 5.69 Å².